The Hall–Kier alpha value is -3.50. The Labute approximate surface area is 254 Å². The van der Waals surface area contributed by atoms with E-state index in [2.05, 4.69) is 5.32 Å². The number of thioether (sulfide) groups is 1. The maximum atomic E-state index is 14.1. The van der Waals surface area contributed by atoms with Crippen molar-refractivity contribution in [3.8, 4) is 5.75 Å². The fourth-order valence-electron chi connectivity index (χ4n) is 4.33. The molecule has 0 radical (unpaired) electrons. The number of rotatable bonds is 14. The van der Waals surface area contributed by atoms with Gasteiger partial charge in [-0.3, -0.25) is 13.9 Å². The largest absolute Gasteiger partial charge is 0.494 e. The van der Waals surface area contributed by atoms with E-state index in [1.165, 1.54) is 16.7 Å². The van der Waals surface area contributed by atoms with E-state index in [1.54, 1.807) is 55.5 Å². The Morgan fingerprint density at radius 3 is 2.21 bits per heavy atom. The first-order valence-corrected chi connectivity index (χ1v) is 16.7. The average Bonchev–Trinajstić information content (AvgIpc) is 2.98. The van der Waals surface area contributed by atoms with Crippen LogP contribution in [0.5, 0.6) is 5.75 Å². The number of benzene rings is 3. The molecule has 3 rings (SSSR count). The summed E-state index contributed by atoms with van der Waals surface area (Å²) in [5.74, 6) is -0.208. The van der Waals surface area contributed by atoms with Gasteiger partial charge < -0.3 is 15.0 Å². The lowest BCUT2D eigenvalue weighted by molar-refractivity contribution is -0.139. The lowest BCUT2D eigenvalue weighted by Crippen LogP contribution is -2.52. The number of carbonyl (C=O) groups excluding carboxylic acids is 2. The van der Waals surface area contributed by atoms with Gasteiger partial charge in [0, 0.05) is 17.5 Å². The van der Waals surface area contributed by atoms with Crippen molar-refractivity contribution in [2.75, 3.05) is 23.7 Å². The van der Waals surface area contributed by atoms with Crippen molar-refractivity contribution >= 4 is 39.3 Å². The minimum atomic E-state index is -4.15. The van der Waals surface area contributed by atoms with Crippen LogP contribution in [0.1, 0.15) is 45.2 Å². The van der Waals surface area contributed by atoms with Gasteiger partial charge in [-0.25, -0.2) is 8.42 Å². The Morgan fingerprint density at radius 2 is 1.64 bits per heavy atom. The van der Waals surface area contributed by atoms with Gasteiger partial charge in [0.25, 0.3) is 10.0 Å². The maximum Gasteiger partial charge on any atom is 0.264 e. The van der Waals surface area contributed by atoms with Gasteiger partial charge in [-0.05, 0) is 94.5 Å². The summed E-state index contributed by atoms with van der Waals surface area (Å²) in [6.07, 6.45) is 2.65. The Morgan fingerprint density at radius 1 is 0.976 bits per heavy atom. The fourth-order valence-corrected chi connectivity index (χ4v) is 6.16. The van der Waals surface area contributed by atoms with Crippen molar-refractivity contribution in [2.45, 2.75) is 69.5 Å². The first kappa shape index (κ1) is 33.0. The summed E-state index contributed by atoms with van der Waals surface area (Å²) in [6.45, 7) is 9.48. The first-order valence-electron chi connectivity index (χ1n) is 14.0. The van der Waals surface area contributed by atoms with Crippen LogP contribution in [0.2, 0.25) is 0 Å². The second-order valence-corrected chi connectivity index (χ2v) is 12.9. The van der Waals surface area contributed by atoms with Gasteiger partial charge >= 0.3 is 0 Å². The SMILES string of the molecule is CCOc1ccc(N(CC(=O)N(Cc2cccc(C)c2)[C@H](C)C(=O)N[C@@H](C)CC)S(=O)(=O)c2ccc(SC)cc2)cc1. The third-order valence-corrected chi connectivity index (χ3v) is 9.50. The van der Waals surface area contributed by atoms with Crippen LogP contribution in [-0.2, 0) is 26.2 Å². The summed E-state index contributed by atoms with van der Waals surface area (Å²) in [6, 6.07) is 19.9. The highest BCUT2D eigenvalue weighted by Crippen LogP contribution is 2.28. The number of hydrogen-bond acceptors (Lipinski definition) is 6. The zero-order chi connectivity index (χ0) is 30.9. The van der Waals surface area contributed by atoms with E-state index in [0.29, 0.717) is 18.0 Å². The summed E-state index contributed by atoms with van der Waals surface area (Å²) in [5, 5.41) is 2.95. The molecule has 0 aromatic heterocycles. The Bertz CT molecular complexity index is 1440. The summed E-state index contributed by atoms with van der Waals surface area (Å²) < 4.78 is 34.7. The molecule has 2 atom stereocenters. The van der Waals surface area contributed by atoms with Crippen LogP contribution in [0, 0.1) is 6.92 Å². The number of aryl methyl sites for hydroxylation is 1. The molecule has 0 unspecified atom stereocenters. The normalized spacial score (nSPS) is 12.7. The van der Waals surface area contributed by atoms with Gasteiger partial charge in [-0.2, -0.15) is 0 Å². The number of sulfonamides is 1. The highest BCUT2D eigenvalue weighted by molar-refractivity contribution is 7.98. The lowest BCUT2D eigenvalue weighted by Gasteiger charge is -2.32. The van der Waals surface area contributed by atoms with Crippen molar-refractivity contribution in [3.05, 3.63) is 83.9 Å². The number of carbonyl (C=O) groups is 2. The topological polar surface area (TPSA) is 96.0 Å². The highest BCUT2D eigenvalue weighted by atomic mass is 32.2. The van der Waals surface area contributed by atoms with Crippen LogP contribution in [0.3, 0.4) is 0 Å². The first-order chi connectivity index (χ1) is 20.0. The Balaban J connectivity index is 2.03. The molecule has 0 aliphatic rings. The molecule has 10 heteroatoms. The van der Waals surface area contributed by atoms with Crippen LogP contribution in [-0.4, -0.2) is 56.6 Å². The van der Waals surface area contributed by atoms with Crippen molar-refractivity contribution in [1.29, 1.82) is 0 Å². The quantitative estimate of drug-likeness (QED) is 0.237. The van der Waals surface area contributed by atoms with Crippen LogP contribution >= 0.6 is 11.8 Å². The van der Waals surface area contributed by atoms with Crippen molar-refractivity contribution in [1.82, 2.24) is 10.2 Å². The van der Waals surface area contributed by atoms with Gasteiger partial charge in [0.15, 0.2) is 0 Å². The molecule has 3 aromatic rings. The van der Waals surface area contributed by atoms with Gasteiger partial charge in [0.1, 0.15) is 18.3 Å². The zero-order valence-corrected chi connectivity index (χ0v) is 26.8. The van der Waals surface area contributed by atoms with Crippen molar-refractivity contribution in [2.24, 2.45) is 0 Å². The molecule has 8 nitrogen and oxygen atoms in total. The molecule has 0 saturated heterocycles. The lowest BCUT2D eigenvalue weighted by atomic mass is 10.1. The number of nitrogens with zero attached hydrogens (tertiary/aromatic N) is 2. The average molecular weight is 612 g/mol. The molecule has 0 fully saturated rings. The van der Waals surface area contributed by atoms with Gasteiger partial charge in [0.2, 0.25) is 11.8 Å². The predicted octanol–water partition coefficient (Wildman–Crippen LogP) is 5.64. The van der Waals surface area contributed by atoms with E-state index in [1.807, 2.05) is 58.2 Å². The summed E-state index contributed by atoms with van der Waals surface area (Å²) in [7, 11) is -4.15. The molecule has 2 amide bonds. The number of hydrogen-bond donors (Lipinski definition) is 1. The minimum Gasteiger partial charge on any atom is -0.494 e. The zero-order valence-electron chi connectivity index (χ0n) is 25.2. The monoisotopic (exact) mass is 611 g/mol. The standard InChI is InChI=1S/C32H41N3O5S2/c1-7-24(4)33-32(37)25(5)34(21-26-11-9-10-23(3)20-26)31(36)22-35(27-12-14-28(15-13-27)40-8-2)42(38,39)30-18-16-29(41-6)17-19-30/h9-20,24-25H,7-8,21-22H2,1-6H3,(H,33,37)/t24-,25+/m0/s1. The predicted molar refractivity (Wildman–Crippen MR) is 169 cm³/mol. The number of nitrogens with one attached hydrogen (secondary N) is 1. The van der Waals surface area contributed by atoms with E-state index in [-0.39, 0.29) is 23.4 Å². The molecule has 0 aliphatic carbocycles. The van der Waals surface area contributed by atoms with Gasteiger partial charge in [-0.15, -0.1) is 11.8 Å². The van der Waals surface area contributed by atoms with E-state index >= 15 is 0 Å². The molecule has 42 heavy (non-hydrogen) atoms. The van der Waals surface area contributed by atoms with E-state index < -0.39 is 28.5 Å². The molecule has 0 spiro atoms. The minimum absolute atomic E-state index is 0.0646. The van der Waals surface area contributed by atoms with Crippen LogP contribution in [0.4, 0.5) is 5.69 Å². The van der Waals surface area contributed by atoms with Gasteiger partial charge in [-0.1, -0.05) is 36.8 Å². The Kier molecular flexibility index (Phi) is 11.9. The molecular weight excluding hydrogens is 571 g/mol. The molecule has 3 aromatic carbocycles. The van der Waals surface area contributed by atoms with Crippen molar-refractivity contribution in [3.63, 3.8) is 0 Å². The molecular formula is C32H41N3O5S2. The van der Waals surface area contributed by atoms with Crippen LogP contribution in [0.25, 0.3) is 0 Å². The second kappa shape index (κ2) is 15.1. The third-order valence-electron chi connectivity index (χ3n) is 6.97. The molecule has 0 bridgehead atoms. The van der Waals surface area contributed by atoms with E-state index in [4.69, 9.17) is 4.74 Å². The third kappa shape index (κ3) is 8.51. The smallest absolute Gasteiger partial charge is 0.264 e. The molecule has 0 saturated carbocycles. The fraction of sp³-hybridized carbons (Fsp3) is 0.375. The van der Waals surface area contributed by atoms with Crippen molar-refractivity contribution < 1.29 is 22.7 Å². The van der Waals surface area contributed by atoms with E-state index in [0.717, 1.165) is 26.7 Å². The second-order valence-electron chi connectivity index (χ2n) is 10.1. The maximum absolute atomic E-state index is 14.1. The van der Waals surface area contributed by atoms with Gasteiger partial charge in [0.05, 0.1) is 17.2 Å². The molecule has 0 heterocycles. The number of anilines is 1. The number of ether oxygens (including phenoxy) is 1. The summed E-state index contributed by atoms with van der Waals surface area (Å²) in [5.41, 5.74) is 2.17. The van der Waals surface area contributed by atoms with E-state index in [9.17, 15) is 18.0 Å². The number of amides is 2. The van der Waals surface area contributed by atoms with Crippen LogP contribution in [0.15, 0.2) is 82.6 Å². The molecule has 0 aliphatic heterocycles. The molecule has 226 valence electrons. The summed E-state index contributed by atoms with van der Waals surface area (Å²) in [4.78, 5) is 29.7. The molecule has 1 N–H and O–H groups in total. The van der Waals surface area contributed by atoms with Crippen LogP contribution < -0.4 is 14.4 Å². The summed E-state index contributed by atoms with van der Waals surface area (Å²) >= 11 is 1.51. The highest BCUT2D eigenvalue weighted by Gasteiger charge is 2.33.